The van der Waals surface area contributed by atoms with Crippen molar-refractivity contribution in [1.82, 2.24) is 4.72 Å². The lowest BCUT2D eigenvalue weighted by atomic mass is 9.96. The Hall–Kier alpha value is -1.38. The summed E-state index contributed by atoms with van der Waals surface area (Å²) in [4.78, 5) is 0. The minimum Gasteiger partial charge on any atom is -0.365 e. The molecule has 1 rings (SSSR count). The maximum atomic E-state index is 12.7. The highest BCUT2D eigenvalue weighted by Gasteiger charge is 2.47. The van der Waals surface area contributed by atoms with Gasteiger partial charge in [0.15, 0.2) is 0 Å². The number of benzene rings is 1. The van der Waals surface area contributed by atoms with E-state index in [-0.39, 0.29) is 0 Å². The van der Waals surface area contributed by atoms with Crippen molar-refractivity contribution in [1.29, 1.82) is 0 Å². The van der Waals surface area contributed by atoms with Crippen molar-refractivity contribution in [3.8, 4) is 0 Å². The molecule has 1 aromatic rings. The molecule has 0 spiro atoms. The van der Waals surface area contributed by atoms with Gasteiger partial charge in [-0.2, -0.15) is 13.2 Å². The average Bonchev–Trinajstić information content (AvgIpc) is 2.52. The standard InChI is InChI=1S/C17H24F3NO3S/c1-5-12-16(4,6-2)24-15(14-10-8-7-9-11-14)13(3)21-25(22,23)17(18,19)20/h5,7-11,13,15,21H,1,6,12H2,2-4H3/t13-,15+,16+/m0/s1. The number of ether oxygens (including phenoxy) is 1. The maximum Gasteiger partial charge on any atom is 0.511 e. The first-order chi connectivity index (χ1) is 11.5. The number of halogens is 3. The van der Waals surface area contributed by atoms with Gasteiger partial charge in [-0.1, -0.05) is 43.3 Å². The predicted molar refractivity (Wildman–Crippen MR) is 91.4 cm³/mol. The van der Waals surface area contributed by atoms with Crippen LogP contribution in [0.25, 0.3) is 0 Å². The molecule has 0 bridgehead atoms. The second kappa shape index (κ2) is 8.33. The summed E-state index contributed by atoms with van der Waals surface area (Å²) >= 11 is 0. The molecule has 0 heterocycles. The highest BCUT2D eigenvalue weighted by atomic mass is 32.2. The van der Waals surface area contributed by atoms with E-state index >= 15 is 0 Å². The van der Waals surface area contributed by atoms with E-state index < -0.39 is 33.3 Å². The van der Waals surface area contributed by atoms with Gasteiger partial charge in [0, 0.05) is 6.04 Å². The van der Waals surface area contributed by atoms with Crippen molar-refractivity contribution in [2.75, 3.05) is 0 Å². The minimum atomic E-state index is -5.47. The summed E-state index contributed by atoms with van der Waals surface area (Å²) in [7, 11) is -5.47. The van der Waals surface area contributed by atoms with Crippen molar-refractivity contribution in [3.05, 3.63) is 48.6 Å². The Morgan fingerprint density at radius 1 is 1.28 bits per heavy atom. The first kappa shape index (κ1) is 21.7. The van der Waals surface area contributed by atoms with Gasteiger partial charge in [0.05, 0.1) is 11.7 Å². The van der Waals surface area contributed by atoms with Crippen LogP contribution in [0.3, 0.4) is 0 Å². The summed E-state index contributed by atoms with van der Waals surface area (Å²) < 4.78 is 68.7. The molecule has 0 radical (unpaired) electrons. The van der Waals surface area contributed by atoms with E-state index in [0.717, 1.165) is 0 Å². The Bertz CT molecular complexity index is 661. The van der Waals surface area contributed by atoms with E-state index in [1.807, 2.05) is 13.8 Å². The van der Waals surface area contributed by atoms with Crippen LogP contribution in [-0.2, 0) is 14.8 Å². The molecule has 0 aromatic heterocycles. The van der Waals surface area contributed by atoms with E-state index in [1.54, 1.807) is 41.1 Å². The zero-order chi connectivity index (χ0) is 19.3. The van der Waals surface area contributed by atoms with Gasteiger partial charge in [0.2, 0.25) is 0 Å². The summed E-state index contributed by atoms with van der Waals surface area (Å²) in [5.41, 5.74) is -5.47. The number of alkyl halides is 3. The molecule has 142 valence electrons. The van der Waals surface area contributed by atoms with Gasteiger partial charge < -0.3 is 4.74 Å². The van der Waals surface area contributed by atoms with Gasteiger partial charge in [-0.15, -0.1) is 6.58 Å². The van der Waals surface area contributed by atoms with E-state index in [4.69, 9.17) is 4.74 Å². The number of rotatable bonds is 9. The van der Waals surface area contributed by atoms with Gasteiger partial charge in [-0.25, -0.2) is 13.1 Å². The Morgan fingerprint density at radius 2 is 1.84 bits per heavy atom. The third kappa shape index (κ3) is 5.83. The fraction of sp³-hybridized carbons (Fsp3) is 0.529. The molecule has 8 heteroatoms. The normalized spacial score (nSPS) is 17.5. The van der Waals surface area contributed by atoms with Crippen molar-refractivity contribution >= 4 is 10.0 Å². The van der Waals surface area contributed by atoms with Crippen molar-refractivity contribution in [2.45, 2.75) is 56.9 Å². The molecular formula is C17H24F3NO3S. The summed E-state index contributed by atoms with van der Waals surface area (Å²) in [6.07, 6.45) is 1.84. The maximum absolute atomic E-state index is 12.7. The minimum absolute atomic E-state index is 0.478. The molecule has 0 saturated heterocycles. The van der Waals surface area contributed by atoms with Crippen LogP contribution in [0.5, 0.6) is 0 Å². The van der Waals surface area contributed by atoms with Crippen LogP contribution in [0.2, 0.25) is 0 Å². The fourth-order valence-corrected chi connectivity index (χ4v) is 3.11. The first-order valence-corrected chi connectivity index (χ1v) is 9.36. The van der Waals surface area contributed by atoms with E-state index in [0.29, 0.717) is 18.4 Å². The van der Waals surface area contributed by atoms with Crippen LogP contribution in [0.4, 0.5) is 13.2 Å². The van der Waals surface area contributed by atoms with Gasteiger partial charge in [-0.05, 0) is 32.3 Å². The number of nitrogens with one attached hydrogen (secondary N) is 1. The third-order valence-corrected chi connectivity index (χ3v) is 5.25. The highest BCUT2D eigenvalue weighted by Crippen LogP contribution is 2.33. The topological polar surface area (TPSA) is 55.4 Å². The molecule has 0 aliphatic carbocycles. The smallest absolute Gasteiger partial charge is 0.365 e. The molecule has 1 aromatic carbocycles. The predicted octanol–water partition coefficient (Wildman–Crippen LogP) is 4.32. The molecule has 3 atom stereocenters. The molecule has 25 heavy (non-hydrogen) atoms. The zero-order valence-electron chi connectivity index (χ0n) is 14.5. The van der Waals surface area contributed by atoms with Gasteiger partial charge in [0.25, 0.3) is 0 Å². The Labute approximate surface area is 147 Å². The fourth-order valence-electron chi connectivity index (χ4n) is 2.36. The van der Waals surface area contributed by atoms with Crippen molar-refractivity contribution < 1.29 is 26.3 Å². The lowest BCUT2D eigenvalue weighted by molar-refractivity contribution is -0.0957. The third-order valence-electron chi connectivity index (χ3n) is 3.96. The number of sulfonamides is 1. The molecule has 0 fully saturated rings. The van der Waals surface area contributed by atoms with Crippen LogP contribution in [0.1, 0.15) is 45.3 Å². The van der Waals surface area contributed by atoms with Crippen LogP contribution in [0, 0.1) is 0 Å². The Morgan fingerprint density at radius 3 is 2.28 bits per heavy atom. The van der Waals surface area contributed by atoms with Gasteiger partial charge in [-0.3, -0.25) is 0 Å². The molecule has 4 nitrogen and oxygen atoms in total. The summed E-state index contributed by atoms with van der Waals surface area (Å²) in [6, 6.07) is 7.44. The Balaban J connectivity index is 3.17. The SMILES string of the molecule is C=CC[C@@](C)(CC)O[C@@H](c1ccccc1)[C@H](C)NS(=O)(=O)C(F)(F)F. The second-order valence-electron chi connectivity index (χ2n) is 6.10. The van der Waals surface area contributed by atoms with Crippen molar-refractivity contribution in [3.63, 3.8) is 0 Å². The monoisotopic (exact) mass is 379 g/mol. The van der Waals surface area contributed by atoms with Crippen LogP contribution in [0.15, 0.2) is 43.0 Å². The number of hydrogen-bond donors (Lipinski definition) is 1. The number of hydrogen-bond acceptors (Lipinski definition) is 3. The van der Waals surface area contributed by atoms with E-state index in [1.165, 1.54) is 6.92 Å². The summed E-state index contributed by atoms with van der Waals surface area (Å²) in [5.74, 6) is 0. The Kier molecular flexibility index (Phi) is 7.22. The molecule has 0 amide bonds. The van der Waals surface area contributed by atoms with Gasteiger partial charge in [0.1, 0.15) is 0 Å². The van der Waals surface area contributed by atoms with Crippen molar-refractivity contribution in [2.24, 2.45) is 0 Å². The molecule has 0 aliphatic heterocycles. The average molecular weight is 379 g/mol. The quantitative estimate of drug-likeness (QED) is 0.650. The molecule has 1 N–H and O–H groups in total. The first-order valence-electron chi connectivity index (χ1n) is 7.88. The molecule has 0 saturated carbocycles. The molecular weight excluding hydrogens is 355 g/mol. The van der Waals surface area contributed by atoms with Crippen LogP contribution >= 0.6 is 0 Å². The lowest BCUT2D eigenvalue weighted by Gasteiger charge is -2.36. The lowest BCUT2D eigenvalue weighted by Crippen LogP contribution is -2.46. The van der Waals surface area contributed by atoms with Crippen LogP contribution in [-0.4, -0.2) is 25.6 Å². The molecule has 0 aliphatic rings. The summed E-state index contributed by atoms with van der Waals surface area (Å²) in [6.45, 7) is 8.72. The second-order valence-corrected chi connectivity index (χ2v) is 7.81. The summed E-state index contributed by atoms with van der Waals surface area (Å²) in [5, 5.41) is 0. The largest absolute Gasteiger partial charge is 0.511 e. The van der Waals surface area contributed by atoms with E-state index in [9.17, 15) is 21.6 Å². The van der Waals surface area contributed by atoms with Crippen LogP contribution < -0.4 is 4.72 Å². The highest BCUT2D eigenvalue weighted by molar-refractivity contribution is 7.90. The zero-order valence-corrected chi connectivity index (χ0v) is 15.3. The molecule has 0 unspecified atom stereocenters. The van der Waals surface area contributed by atoms with E-state index in [2.05, 4.69) is 6.58 Å². The van der Waals surface area contributed by atoms with Gasteiger partial charge >= 0.3 is 15.5 Å².